The van der Waals surface area contributed by atoms with Crippen LogP contribution in [0, 0.1) is 30.1 Å². The fourth-order valence-corrected chi connectivity index (χ4v) is 5.75. The van der Waals surface area contributed by atoms with Crippen molar-refractivity contribution in [2.45, 2.75) is 45.4 Å². The van der Waals surface area contributed by atoms with Crippen molar-refractivity contribution in [2.24, 2.45) is 23.2 Å². The van der Waals surface area contributed by atoms with Crippen LogP contribution in [0.1, 0.15) is 44.1 Å². The number of carbonyl (C=O) groups excluding carboxylic acids is 1. The van der Waals surface area contributed by atoms with E-state index in [0.717, 1.165) is 52.7 Å². The van der Waals surface area contributed by atoms with Crippen molar-refractivity contribution in [3.05, 3.63) is 28.2 Å². The van der Waals surface area contributed by atoms with E-state index in [9.17, 15) is 4.79 Å². The molecule has 2 nitrogen and oxygen atoms in total. The summed E-state index contributed by atoms with van der Waals surface area (Å²) in [5, 5.41) is 3.24. The van der Waals surface area contributed by atoms with Gasteiger partial charge in [-0.2, -0.15) is 0 Å². The molecule has 0 radical (unpaired) electrons. The van der Waals surface area contributed by atoms with Gasteiger partial charge in [-0.15, -0.1) is 0 Å². The lowest BCUT2D eigenvalue weighted by atomic mass is 9.49. The van der Waals surface area contributed by atoms with E-state index in [-0.39, 0.29) is 11.3 Å². The largest absolute Gasteiger partial charge is 0.325 e. The summed E-state index contributed by atoms with van der Waals surface area (Å²) >= 11 is 3.55. The zero-order valence-corrected chi connectivity index (χ0v) is 14.1. The van der Waals surface area contributed by atoms with Crippen molar-refractivity contribution in [3.63, 3.8) is 0 Å². The third-order valence-electron chi connectivity index (χ3n) is 6.04. The summed E-state index contributed by atoms with van der Waals surface area (Å²) in [6.45, 7) is 2.05. The molecule has 3 heteroatoms. The average Bonchev–Trinajstić information content (AvgIpc) is 2.42. The molecule has 21 heavy (non-hydrogen) atoms. The standard InChI is InChI=1S/C18H22BrNO/c1-11-15(19)3-2-4-16(11)20-17(21)18-8-12-5-13(9-18)7-14(6-12)10-18/h2-4,12-14H,5-10H2,1H3,(H,20,21). The Morgan fingerprint density at radius 2 is 1.71 bits per heavy atom. The Bertz CT molecular complexity index is 560. The molecule has 4 aliphatic rings. The third kappa shape index (κ3) is 2.25. The van der Waals surface area contributed by atoms with Gasteiger partial charge >= 0.3 is 0 Å². The van der Waals surface area contributed by atoms with Gasteiger partial charge in [-0.1, -0.05) is 22.0 Å². The Hall–Kier alpha value is -0.830. The van der Waals surface area contributed by atoms with Crippen LogP contribution < -0.4 is 5.32 Å². The highest BCUT2D eigenvalue weighted by molar-refractivity contribution is 9.10. The van der Waals surface area contributed by atoms with Gasteiger partial charge in [0.05, 0.1) is 5.41 Å². The summed E-state index contributed by atoms with van der Waals surface area (Å²) < 4.78 is 1.06. The number of amides is 1. The molecule has 1 N–H and O–H groups in total. The molecular formula is C18H22BrNO. The first-order chi connectivity index (χ1) is 10.1. The first kappa shape index (κ1) is 13.8. The van der Waals surface area contributed by atoms with E-state index in [1.54, 1.807) is 0 Å². The van der Waals surface area contributed by atoms with Gasteiger partial charge in [0.1, 0.15) is 0 Å². The van der Waals surface area contributed by atoms with Crippen molar-refractivity contribution in [1.29, 1.82) is 0 Å². The van der Waals surface area contributed by atoms with Crippen LogP contribution in [0.2, 0.25) is 0 Å². The molecule has 0 aromatic heterocycles. The van der Waals surface area contributed by atoms with Crippen LogP contribution in [-0.4, -0.2) is 5.91 Å². The Balaban J connectivity index is 1.59. The van der Waals surface area contributed by atoms with Crippen molar-refractivity contribution < 1.29 is 4.79 Å². The highest BCUT2D eigenvalue weighted by atomic mass is 79.9. The predicted octanol–water partition coefficient (Wildman–Crippen LogP) is 4.91. The summed E-state index contributed by atoms with van der Waals surface area (Å²) in [7, 11) is 0. The molecule has 5 rings (SSSR count). The second kappa shape index (κ2) is 4.84. The fourth-order valence-electron chi connectivity index (χ4n) is 5.39. The van der Waals surface area contributed by atoms with Crippen LogP contribution in [0.4, 0.5) is 5.69 Å². The van der Waals surface area contributed by atoms with E-state index in [4.69, 9.17) is 0 Å². The number of nitrogens with one attached hydrogen (secondary N) is 1. The SMILES string of the molecule is Cc1c(Br)cccc1NC(=O)C12CC3CC(CC(C3)C1)C2. The minimum atomic E-state index is -0.0660. The van der Waals surface area contributed by atoms with Crippen LogP contribution in [0.3, 0.4) is 0 Å². The minimum absolute atomic E-state index is 0.0660. The van der Waals surface area contributed by atoms with Gasteiger partial charge < -0.3 is 5.32 Å². The molecular weight excluding hydrogens is 326 g/mol. The van der Waals surface area contributed by atoms with Crippen molar-refractivity contribution in [2.75, 3.05) is 5.32 Å². The van der Waals surface area contributed by atoms with Crippen LogP contribution in [0.15, 0.2) is 22.7 Å². The average molecular weight is 348 g/mol. The zero-order chi connectivity index (χ0) is 14.6. The molecule has 4 saturated carbocycles. The smallest absolute Gasteiger partial charge is 0.230 e. The second-order valence-corrected chi connectivity index (χ2v) is 8.42. The Morgan fingerprint density at radius 1 is 1.14 bits per heavy atom. The fraction of sp³-hybridized carbons (Fsp3) is 0.611. The number of benzene rings is 1. The quantitative estimate of drug-likeness (QED) is 0.808. The maximum absolute atomic E-state index is 13.0. The van der Waals surface area contributed by atoms with Crippen LogP contribution in [0.25, 0.3) is 0 Å². The molecule has 0 saturated heterocycles. The highest BCUT2D eigenvalue weighted by Crippen LogP contribution is 2.60. The number of hydrogen-bond acceptors (Lipinski definition) is 1. The lowest BCUT2D eigenvalue weighted by Gasteiger charge is -2.55. The van der Waals surface area contributed by atoms with E-state index in [1.807, 2.05) is 18.2 Å². The molecule has 1 aromatic rings. The number of anilines is 1. The van der Waals surface area contributed by atoms with E-state index < -0.39 is 0 Å². The number of carbonyl (C=O) groups is 1. The summed E-state index contributed by atoms with van der Waals surface area (Å²) in [5.41, 5.74) is 2.02. The molecule has 4 bridgehead atoms. The zero-order valence-electron chi connectivity index (χ0n) is 12.5. The molecule has 0 aliphatic heterocycles. The Morgan fingerprint density at radius 3 is 2.29 bits per heavy atom. The molecule has 1 aromatic carbocycles. The summed E-state index contributed by atoms with van der Waals surface area (Å²) in [4.78, 5) is 13.0. The highest BCUT2D eigenvalue weighted by Gasteiger charge is 2.54. The van der Waals surface area contributed by atoms with Gasteiger partial charge in [0.25, 0.3) is 0 Å². The van der Waals surface area contributed by atoms with Crippen LogP contribution in [0.5, 0.6) is 0 Å². The normalized spacial score (nSPS) is 36.8. The predicted molar refractivity (Wildman–Crippen MR) is 88.1 cm³/mol. The molecule has 0 heterocycles. The minimum Gasteiger partial charge on any atom is -0.325 e. The monoisotopic (exact) mass is 347 g/mol. The van der Waals surface area contributed by atoms with Gasteiger partial charge in [-0.25, -0.2) is 0 Å². The Labute approximate surface area is 134 Å². The summed E-state index contributed by atoms with van der Waals surface area (Å²) in [6.07, 6.45) is 7.50. The van der Waals surface area contributed by atoms with Gasteiger partial charge in [0.2, 0.25) is 5.91 Å². The molecule has 0 atom stereocenters. The van der Waals surface area contributed by atoms with E-state index in [1.165, 1.54) is 19.3 Å². The number of rotatable bonds is 2. The van der Waals surface area contributed by atoms with Crippen molar-refractivity contribution in [3.8, 4) is 0 Å². The van der Waals surface area contributed by atoms with Crippen molar-refractivity contribution >= 4 is 27.5 Å². The van der Waals surface area contributed by atoms with Gasteiger partial charge in [0, 0.05) is 10.2 Å². The Kier molecular flexibility index (Phi) is 3.18. The topological polar surface area (TPSA) is 29.1 Å². The number of hydrogen-bond donors (Lipinski definition) is 1. The van der Waals surface area contributed by atoms with Gasteiger partial charge in [0.15, 0.2) is 0 Å². The van der Waals surface area contributed by atoms with Crippen molar-refractivity contribution in [1.82, 2.24) is 0 Å². The van der Waals surface area contributed by atoms with E-state index in [0.29, 0.717) is 0 Å². The van der Waals surface area contributed by atoms with Gasteiger partial charge in [-0.3, -0.25) is 4.79 Å². The first-order valence-electron chi connectivity index (χ1n) is 8.12. The van der Waals surface area contributed by atoms with E-state index >= 15 is 0 Å². The molecule has 1 amide bonds. The maximum Gasteiger partial charge on any atom is 0.230 e. The first-order valence-corrected chi connectivity index (χ1v) is 8.92. The second-order valence-electron chi connectivity index (χ2n) is 7.56. The molecule has 0 unspecified atom stereocenters. The third-order valence-corrected chi connectivity index (χ3v) is 6.89. The van der Waals surface area contributed by atoms with Crippen LogP contribution >= 0.6 is 15.9 Å². The molecule has 4 aliphatic carbocycles. The molecule has 112 valence electrons. The maximum atomic E-state index is 13.0. The molecule has 4 fully saturated rings. The lowest BCUT2D eigenvalue weighted by Crippen LogP contribution is -2.51. The van der Waals surface area contributed by atoms with Gasteiger partial charge in [-0.05, 0) is 80.9 Å². The molecule has 0 spiro atoms. The van der Waals surface area contributed by atoms with Crippen LogP contribution in [-0.2, 0) is 4.79 Å². The number of halogens is 1. The summed E-state index contributed by atoms with van der Waals surface area (Å²) in [5.74, 6) is 2.71. The van der Waals surface area contributed by atoms with E-state index in [2.05, 4.69) is 28.2 Å². The lowest BCUT2D eigenvalue weighted by molar-refractivity contribution is -0.140. The summed E-state index contributed by atoms with van der Waals surface area (Å²) in [6, 6.07) is 6.03.